The van der Waals surface area contributed by atoms with Gasteiger partial charge in [0.05, 0.1) is 11.3 Å². The number of rotatable bonds is 4. The van der Waals surface area contributed by atoms with Crippen molar-refractivity contribution in [3.8, 4) is 5.75 Å². The quantitative estimate of drug-likeness (QED) is 0.851. The van der Waals surface area contributed by atoms with Gasteiger partial charge in [0.2, 0.25) is 0 Å². The van der Waals surface area contributed by atoms with Crippen molar-refractivity contribution in [2.45, 2.75) is 6.61 Å². The van der Waals surface area contributed by atoms with E-state index in [1.807, 2.05) is 0 Å². The van der Waals surface area contributed by atoms with Crippen LogP contribution >= 0.6 is 0 Å². The first-order valence-electron chi connectivity index (χ1n) is 5.87. The van der Waals surface area contributed by atoms with E-state index in [9.17, 15) is 18.0 Å². The third-order valence-corrected chi connectivity index (χ3v) is 2.59. The lowest BCUT2D eigenvalue weighted by Gasteiger charge is -2.12. The number of halogens is 3. The number of nitrogens with two attached hydrogens (primary N) is 1. The molecule has 0 aliphatic carbocycles. The van der Waals surface area contributed by atoms with Gasteiger partial charge in [-0.2, -0.15) is 8.78 Å². The van der Waals surface area contributed by atoms with Gasteiger partial charge < -0.3 is 15.8 Å². The normalized spacial score (nSPS) is 10.5. The van der Waals surface area contributed by atoms with Crippen LogP contribution in [0.3, 0.4) is 0 Å². The van der Waals surface area contributed by atoms with Gasteiger partial charge in [-0.25, -0.2) is 4.39 Å². The van der Waals surface area contributed by atoms with Crippen molar-refractivity contribution in [3.63, 3.8) is 0 Å². The fraction of sp³-hybridized carbons (Fsp3) is 0.0714. The van der Waals surface area contributed by atoms with Crippen LogP contribution in [0.1, 0.15) is 10.4 Å². The van der Waals surface area contributed by atoms with Crippen LogP contribution in [0, 0.1) is 5.82 Å². The molecule has 4 nitrogen and oxygen atoms in total. The second-order valence-corrected chi connectivity index (χ2v) is 4.07. The standard InChI is InChI=1S/C14H11F3N2O2/c15-10-6-5-8(18)7-9(10)13(20)19-11-3-1-2-4-12(11)21-14(16)17/h1-7,14H,18H2,(H,19,20). The number of alkyl halides is 2. The Morgan fingerprint density at radius 3 is 2.62 bits per heavy atom. The number of hydrogen-bond donors (Lipinski definition) is 2. The smallest absolute Gasteiger partial charge is 0.387 e. The summed E-state index contributed by atoms with van der Waals surface area (Å²) in [5.74, 6) is -1.80. The van der Waals surface area contributed by atoms with Crippen LogP contribution in [0.25, 0.3) is 0 Å². The monoisotopic (exact) mass is 296 g/mol. The summed E-state index contributed by atoms with van der Waals surface area (Å²) in [6.07, 6.45) is 0. The van der Waals surface area contributed by atoms with Gasteiger partial charge in [0.25, 0.3) is 5.91 Å². The number of amides is 1. The first-order valence-corrected chi connectivity index (χ1v) is 5.87. The fourth-order valence-electron chi connectivity index (χ4n) is 1.68. The zero-order chi connectivity index (χ0) is 15.4. The first kappa shape index (κ1) is 14.7. The van der Waals surface area contributed by atoms with Gasteiger partial charge in [-0.05, 0) is 30.3 Å². The SMILES string of the molecule is Nc1ccc(F)c(C(=O)Nc2ccccc2OC(F)F)c1. The van der Waals surface area contributed by atoms with Crippen molar-refractivity contribution in [1.82, 2.24) is 0 Å². The maximum atomic E-state index is 13.6. The Balaban J connectivity index is 2.25. The highest BCUT2D eigenvalue weighted by molar-refractivity contribution is 6.05. The molecule has 1 amide bonds. The third kappa shape index (κ3) is 3.65. The van der Waals surface area contributed by atoms with Crippen molar-refractivity contribution in [1.29, 1.82) is 0 Å². The Morgan fingerprint density at radius 1 is 1.19 bits per heavy atom. The lowest BCUT2D eigenvalue weighted by Crippen LogP contribution is -2.15. The number of nitrogens with one attached hydrogen (secondary N) is 1. The molecule has 0 saturated heterocycles. The summed E-state index contributed by atoms with van der Waals surface area (Å²) >= 11 is 0. The molecule has 0 atom stereocenters. The van der Waals surface area contributed by atoms with Crippen LogP contribution in [0.5, 0.6) is 5.75 Å². The number of nitrogen functional groups attached to an aromatic ring is 1. The van der Waals surface area contributed by atoms with E-state index in [0.717, 1.165) is 12.1 Å². The molecule has 0 radical (unpaired) electrons. The lowest BCUT2D eigenvalue weighted by molar-refractivity contribution is -0.0493. The second-order valence-electron chi connectivity index (χ2n) is 4.07. The Morgan fingerprint density at radius 2 is 1.90 bits per heavy atom. The number of ether oxygens (including phenoxy) is 1. The minimum atomic E-state index is -3.04. The molecular formula is C14H11F3N2O2. The topological polar surface area (TPSA) is 64.4 Å². The van der Waals surface area contributed by atoms with Gasteiger partial charge >= 0.3 is 6.61 Å². The number of carbonyl (C=O) groups excluding carboxylic acids is 1. The average Bonchev–Trinajstić information content (AvgIpc) is 2.43. The number of hydrogen-bond acceptors (Lipinski definition) is 3. The van der Waals surface area contributed by atoms with Crippen LogP contribution in [-0.4, -0.2) is 12.5 Å². The maximum absolute atomic E-state index is 13.6. The fourth-order valence-corrected chi connectivity index (χ4v) is 1.68. The molecule has 2 aromatic carbocycles. The van der Waals surface area contributed by atoms with Crippen LogP contribution in [0.15, 0.2) is 42.5 Å². The summed E-state index contributed by atoms with van der Waals surface area (Å²) in [5, 5.41) is 2.31. The van der Waals surface area contributed by atoms with E-state index in [0.29, 0.717) is 0 Å². The molecule has 0 unspecified atom stereocenters. The summed E-state index contributed by atoms with van der Waals surface area (Å²) in [5.41, 5.74) is 5.41. The van der Waals surface area contributed by atoms with Gasteiger partial charge in [-0.1, -0.05) is 12.1 Å². The highest BCUT2D eigenvalue weighted by Crippen LogP contribution is 2.26. The molecular weight excluding hydrogens is 285 g/mol. The molecule has 7 heteroatoms. The number of carbonyl (C=O) groups is 1. The van der Waals surface area contributed by atoms with E-state index in [4.69, 9.17) is 5.73 Å². The largest absolute Gasteiger partial charge is 0.433 e. The van der Waals surface area contributed by atoms with E-state index in [1.54, 1.807) is 0 Å². The average molecular weight is 296 g/mol. The number of benzene rings is 2. The molecule has 0 spiro atoms. The molecule has 0 saturated carbocycles. The lowest BCUT2D eigenvalue weighted by atomic mass is 10.1. The summed E-state index contributed by atoms with van der Waals surface area (Å²) in [7, 11) is 0. The van der Waals surface area contributed by atoms with E-state index in [1.165, 1.54) is 30.3 Å². The molecule has 2 aromatic rings. The molecule has 0 bridgehead atoms. The first-order chi connectivity index (χ1) is 9.97. The van der Waals surface area contributed by atoms with Gasteiger partial charge in [0.1, 0.15) is 11.6 Å². The summed E-state index contributed by atoms with van der Waals surface area (Å²) in [4.78, 5) is 12.0. The van der Waals surface area contributed by atoms with Crippen LogP contribution in [0.2, 0.25) is 0 Å². The second kappa shape index (κ2) is 6.17. The molecule has 0 aromatic heterocycles. The van der Waals surface area contributed by atoms with Gasteiger partial charge in [-0.15, -0.1) is 0 Å². The van der Waals surface area contributed by atoms with E-state index in [-0.39, 0.29) is 22.7 Å². The summed E-state index contributed by atoms with van der Waals surface area (Å²) in [6, 6.07) is 9.11. The Labute approximate surface area is 118 Å². The predicted octanol–water partition coefficient (Wildman–Crippen LogP) is 3.26. The minimum Gasteiger partial charge on any atom is -0.433 e. The van der Waals surface area contributed by atoms with Crippen LogP contribution in [-0.2, 0) is 0 Å². The van der Waals surface area contributed by atoms with Gasteiger partial charge in [0.15, 0.2) is 0 Å². The van der Waals surface area contributed by atoms with Crippen molar-refractivity contribution in [2.75, 3.05) is 11.1 Å². The molecule has 0 aliphatic rings. The zero-order valence-electron chi connectivity index (χ0n) is 10.6. The van der Waals surface area contributed by atoms with Crippen molar-refractivity contribution >= 4 is 17.3 Å². The number of para-hydroxylation sites is 2. The molecule has 0 heterocycles. The van der Waals surface area contributed by atoms with Crippen LogP contribution < -0.4 is 15.8 Å². The minimum absolute atomic E-state index is 0.00428. The Kier molecular flexibility index (Phi) is 4.32. The zero-order valence-corrected chi connectivity index (χ0v) is 10.6. The molecule has 110 valence electrons. The van der Waals surface area contributed by atoms with Crippen molar-refractivity contribution < 1.29 is 22.7 Å². The molecule has 21 heavy (non-hydrogen) atoms. The Hall–Kier alpha value is -2.70. The van der Waals surface area contributed by atoms with E-state index in [2.05, 4.69) is 10.1 Å². The van der Waals surface area contributed by atoms with Crippen molar-refractivity contribution in [3.05, 3.63) is 53.8 Å². The Bertz CT molecular complexity index is 662. The summed E-state index contributed by atoms with van der Waals surface area (Å²) in [6.45, 7) is -3.04. The molecule has 0 fully saturated rings. The highest BCUT2D eigenvalue weighted by Gasteiger charge is 2.15. The predicted molar refractivity (Wildman–Crippen MR) is 71.8 cm³/mol. The van der Waals surface area contributed by atoms with Crippen molar-refractivity contribution in [2.24, 2.45) is 0 Å². The van der Waals surface area contributed by atoms with E-state index < -0.39 is 18.3 Å². The molecule has 3 N–H and O–H groups in total. The maximum Gasteiger partial charge on any atom is 0.387 e. The molecule has 0 aliphatic heterocycles. The van der Waals surface area contributed by atoms with Gasteiger partial charge in [0, 0.05) is 5.69 Å². The summed E-state index contributed by atoms with van der Waals surface area (Å²) < 4.78 is 42.4. The molecule has 2 rings (SSSR count). The van der Waals surface area contributed by atoms with E-state index >= 15 is 0 Å². The number of anilines is 2. The van der Waals surface area contributed by atoms with Crippen LogP contribution in [0.4, 0.5) is 24.5 Å². The third-order valence-electron chi connectivity index (χ3n) is 2.59. The van der Waals surface area contributed by atoms with Gasteiger partial charge in [-0.3, -0.25) is 4.79 Å². The highest BCUT2D eigenvalue weighted by atomic mass is 19.3.